The minimum Gasteiger partial charge on any atom is -0.493 e. The van der Waals surface area contributed by atoms with Gasteiger partial charge in [-0.15, -0.1) is 0 Å². The Labute approximate surface area is 205 Å². The van der Waals surface area contributed by atoms with Gasteiger partial charge in [0.15, 0.2) is 0 Å². The maximum atomic E-state index is 14.0. The summed E-state index contributed by atoms with van der Waals surface area (Å²) in [6.07, 6.45) is 1.54. The van der Waals surface area contributed by atoms with Crippen molar-refractivity contribution >= 4 is 27.7 Å². The van der Waals surface area contributed by atoms with Crippen molar-refractivity contribution in [2.24, 2.45) is 0 Å². The monoisotopic (exact) mass is 534 g/mol. The van der Waals surface area contributed by atoms with Crippen molar-refractivity contribution in [1.82, 2.24) is 15.3 Å². The lowest BCUT2D eigenvalue weighted by molar-refractivity contribution is 0.0933. The molecule has 2 aromatic carbocycles. The van der Waals surface area contributed by atoms with E-state index in [1.54, 1.807) is 31.4 Å². The first-order valence-electron chi connectivity index (χ1n) is 10.7. The lowest BCUT2D eigenvalue weighted by Gasteiger charge is -2.13. The molecule has 10 heteroatoms. The van der Waals surface area contributed by atoms with Crippen LogP contribution in [-0.4, -0.2) is 49.3 Å². The Bertz CT molecular complexity index is 1120. The van der Waals surface area contributed by atoms with Gasteiger partial charge in [-0.05, 0) is 37.6 Å². The quantitative estimate of drug-likeness (QED) is 0.349. The molecule has 0 saturated carbocycles. The summed E-state index contributed by atoms with van der Waals surface area (Å²) in [5, 5.41) is 5.85. The minimum atomic E-state index is -0.605. The molecular weight excluding hydrogens is 510 g/mol. The fourth-order valence-electron chi connectivity index (χ4n) is 3.24. The van der Waals surface area contributed by atoms with Gasteiger partial charge in [-0.25, -0.2) is 18.7 Å². The van der Waals surface area contributed by atoms with Gasteiger partial charge in [-0.2, -0.15) is 0 Å². The summed E-state index contributed by atoms with van der Waals surface area (Å²) in [4.78, 5) is 21.0. The molecule has 0 unspecified atom stereocenters. The summed E-state index contributed by atoms with van der Waals surface area (Å²) in [5.41, 5.74) is 1.75. The third-order valence-electron chi connectivity index (χ3n) is 4.87. The predicted molar refractivity (Wildman–Crippen MR) is 129 cm³/mol. The zero-order valence-corrected chi connectivity index (χ0v) is 20.4. The van der Waals surface area contributed by atoms with Crippen LogP contribution in [0.15, 0.2) is 47.2 Å². The highest BCUT2D eigenvalue weighted by molar-refractivity contribution is 9.10. The van der Waals surface area contributed by atoms with E-state index in [-0.39, 0.29) is 24.4 Å². The van der Waals surface area contributed by atoms with Crippen LogP contribution in [-0.2, 0) is 11.2 Å². The summed E-state index contributed by atoms with van der Waals surface area (Å²) in [5.74, 6) is -0.533. The molecule has 0 radical (unpaired) electrons. The van der Waals surface area contributed by atoms with E-state index in [0.717, 1.165) is 5.56 Å². The first kappa shape index (κ1) is 25.5. The number of amides is 1. The lowest BCUT2D eigenvalue weighted by Crippen LogP contribution is -2.27. The van der Waals surface area contributed by atoms with Crippen LogP contribution in [0.4, 0.5) is 14.6 Å². The summed E-state index contributed by atoms with van der Waals surface area (Å²) < 4.78 is 39.0. The van der Waals surface area contributed by atoms with Crippen LogP contribution < -0.4 is 15.4 Å². The highest BCUT2D eigenvalue weighted by Crippen LogP contribution is 2.27. The van der Waals surface area contributed by atoms with Crippen LogP contribution in [0.5, 0.6) is 5.75 Å². The van der Waals surface area contributed by atoms with Crippen LogP contribution in [0.1, 0.15) is 22.8 Å². The van der Waals surface area contributed by atoms with Crippen LogP contribution in [0.25, 0.3) is 11.3 Å². The number of hydrogen-bond donors (Lipinski definition) is 2. The predicted octanol–water partition coefficient (Wildman–Crippen LogP) is 4.61. The summed E-state index contributed by atoms with van der Waals surface area (Å²) in [7, 11) is 1.56. The van der Waals surface area contributed by atoms with E-state index in [0.29, 0.717) is 47.1 Å². The van der Waals surface area contributed by atoms with Gasteiger partial charge in [0, 0.05) is 41.9 Å². The number of nitrogens with zero attached hydrogens (tertiary/aromatic N) is 2. The molecule has 34 heavy (non-hydrogen) atoms. The maximum absolute atomic E-state index is 14.0. The molecule has 1 heterocycles. The van der Waals surface area contributed by atoms with Crippen molar-refractivity contribution in [1.29, 1.82) is 0 Å². The average Bonchev–Trinajstić information content (AvgIpc) is 2.81. The highest BCUT2D eigenvalue weighted by atomic mass is 79.9. The number of benzene rings is 2. The molecular formula is C24H25BrF2N4O3. The number of methoxy groups -OCH3 is 1. The fourth-order valence-corrected chi connectivity index (χ4v) is 3.65. The zero-order chi connectivity index (χ0) is 24.5. The van der Waals surface area contributed by atoms with Crippen molar-refractivity contribution < 1.29 is 23.0 Å². The van der Waals surface area contributed by atoms with Crippen LogP contribution >= 0.6 is 15.9 Å². The van der Waals surface area contributed by atoms with Gasteiger partial charge in [0.1, 0.15) is 29.5 Å². The fraction of sp³-hybridized carbons (Fsp3) is 0.292. The van der Waals surface area contributed by atoms with E-state index in [2.05, 4.69) is 36.5 Å². The third-order valence-corrected chi connectivity index (χ3v) is 5.33. The van der Waals surface area contributed by atoms with Crippen molar-refractivity contribution in [2.75, 3.05) is 38.7 Å². The molecule has 1 amide bonds. The molecule has 1 aromatic heterocycles. The molecule has 0 atom stereocenters. The first-order valence-corrected chi connectivity index (χ1v) is 11.5. The summed E-state index contributed by atoms with van der Waals surface area (Å²) in [6.45, 7) is 3.30. The van der Waals surface area contributed by atoms with Crippen molar-refractivity contribution in [3.8, 4) is 17.0 Å². The zero-order valence-electron chi connectivity index (χ0n) is 18.8. The molecule has 0 fully saturated rings. The van der Waals surface area contributed by atoms with E-state index in [9.17, 15) is 13.6 Å². The van der Waals surface area contributed by atoms with Crippen LogP contribution in [0.2, 0.25) is 0 Å². The second-order valence-corrected chi connectivity index (χ2v) is 8.12. The van der Waals surface area contributed by atoms with Gasteiger partial charge in [0.05, 0.1) is 24.5 Å². The molecule has 0 aliphatic rings. The van der Waals surface area contributed by atoms with E-state index in [4.69, 9.17) is 9.47 Å². The molecule has 0 bridgehead atoms. The number of rotatable bonds is 11. The highest BCUT2D eigenvalue weighted by Gasteiger charge is 2.15. The van der Waals surface area contributed by atoms with Gasteiger partial charge < -0.3 is 20.1 Å². The molecule has 2 N–H and O–H groups in total. The van der Waals surface area contributed by atoms with Crippen molar-refractivity contribution in [2.45, 2.75) is 13.3 Å². The van der Waals surface area contributed by atoms with Gasteiger partial charge in [0.25, 0.3) is 5.91 Å². The van der Waals surface area contributed by atoms with E-state index >= 15 is 0 Å². The number of carbonyl (C=O) groups excluding carboxylic acids is 1. The van der Waals surface area contributed by atoms with Crippen molar-refractivity contribution in [3.63, 3.8) is 0 Å². The molecule has 0 saturated heterocycles. The minimum absolute atomic E-state index is 0.00528. The molecule has 180 valence electrons. The second kappa shape index (κ2) is 12.4. The van der Waals surface area contributed by atoms with Gasteiger partial charge in [-0.1, -0.05) is 22.0 Å². The number of ether oxygens (including phenoxy) is 2. The van der Waals surface area contributed by atoms with Crippen molar-refractivity contribution in [3.05, 3.63) is 70.0 Å². The topological polar surface area (TPSA) is 85.4 Å². The summed E-state index contributed by atoms with van der Waals surface area (Å²) >= 11 is 3.07. The SMILES string of the molecule is CCOc1cc(-c2cc(NCCc3c(F)cc(Br)cc3F)ncn2)ccc1C(=O)NCCOC. The molecule has 3 rings (SSSR count). The van der Waals surface area contributed by atoms with Crippen LogP contribution in [0, 0.1) is 11.6 Å². The standard InChI is InChI=1S/C24H25BrF2N4O3/c1-3-34-22-10-15(4-5-18(22)24(32)29-8-9-33-2)21-13-23(31-14-30-21)28-7-6-17-19(26)11-16(25)12-20(17)27/h4-5,10-14H,3,6-9H2,1-2H3,(H,29,32)(H,28,30,31). The van der Waals surface area contributed by atoms with Gasteiger partial charge >= 0.3 is 0 Å². The second-order valence-electron chi connectivity index (χ2n) is 7.21. The number of hydrogen-bond acceptors (Lipinski definition) is 6. The molecule has 0 aliphatic carbocycles. The molecule has 3 aromatic rings. The third kappa shape index (κ3) is 6.71. The van der Waals surface area contributed by atoms with E-state index in [1.165, 1.54) is 18.5 Å². The largest absolute Gasteiger partial charge is 0.493 e. The Hall–Kier alpha value is -3.11. The smallest absolute Gasteiger partial charge is 0.255 e. The van der Waals surface area contributed by atoms with Gasteiger partial charge in [0.2, 0.25) is 0 Å². The number of aromatic nitrogens is 2. The molecule has 0 aliphatic heterocycles. The number of carbonyl (C=O) groups is 1. The van der Waals surface area contributed by atoms with Crippen LogP contribution in [0.3, 0.4) is 0 Å². The lowest BCUT2D eigenvalue weighted by atomic mass is 10.1. The molecule has 0 spiro atoms. The Balaban J connectivity index is 1.73. The first-order chi connectivity index (χ1) is 16.4. The van der Waals surface area contributed by atoms with E-state index < -0.39 is 11.6 Å². The maximum Gasteiger partial charge on any atom is 0.255 e. The Kier molecular flexibility index (Phi) is 9.29. The number of anilines is 1. The van der Waals surface area contributed by atoms with E-state index in [1.807, 2.05) is 6.92 Å². The molecule has 7 nitrogen and oxygen atoms in total. The van der Waals surface area contributed by atoms with Gasteiger partial charge in [-0.3, -0.25) is 4.79 Å². The number of nitrogens with one attached hydrogen (secondary N) is 2. The Morgan fingerprint density at radius 1 is 1.09 bits per heavy atom. The average molecular weight is 535 g/mol. The normalized spacial score (nSPS) is 10.7. The summed E-state index contributed by atoms with van der Waals surface area (Å²) in [6, 6.07) is 9.38. The Morgan fingerprint density at radius 3 is 2.56 bits per heavy atom. The number of halogens is 3. The Morgan fingerprint density at radius 2 is 1.85 bits per heavy atom.